The number of carbonyl (C=O) groups is 1. The zero-order chi connectivity index (χ0) is 14.3. The quantitative estimate of drug-likeness (QED) is 0.879. The van der Waals surface area contributed by atoms with Gasteiger partial charge in [-0.05, 0) is 56.4 Å². The van der Waals surface area contributed by atoms with E-state index in [-0.39, 0.29) is 0 Å². The molecule has 0 heterocycles. The van der Waals surface area contributed by atoms with Crippen LogP contribution in [0.15, 0.2) is 18.2 Å². The van der Waals surface area contributed by atoms with Gasteiger partial charge in [-0.15, -0.1) is 0 Å². The first-order valence-corrected chi connectivity index (χ1v) is 6.46. The van der Waals surface area contributed by atoms with Crippen LogP contribution in [-0.2, 0) is 16.8 Å². The fraction of sp³-hybridized carbons (Fsp3) is 0.533. The molecular formula is C15H20O4. The van der Waals surface area contributed by atoms with E-state index in [1.165, 1.54) is 0 Å². The van der Waals surface area contributed by atoms with Gasteiger partial charge in [0.15, 0.2) is 0 Å². The molecule has 1 unspecified atom stereocenters. The summed E-state index contributed by atoms with van der Waals surface area (Å²) < 4.78 is 5.19. The second kappa shape index (κ2) is 4.53. The van der Waals surface area contributed by atoms with Crippen LogP contribution in [0.5, 0.6) is 5.75 Å². The van der Waals surface area contributed by atoms with Crippen LogP contribution in [0.1, 0.15) is 37.8 Å². The van der Waals surface area contributed by atoms with Gasteiger partial charge in [0, 0.05) is 0 Å². The Kier molecular flexibility index (Phi) is 3.31. The summed E-state index contributed by atoms with van der Waals surface area (Å²) in [6.45, 7) is 3.15. The summed E-state index contributed by atoms with van der Waals surface area (Å²) in [5.41, 5.74) is -0.912. The van der Waals surface area contributed by atoms with Gasteiger partial charge in [0.25, 0.3) is 0 Å². The van der Waals surface area contributed by atoms with Crippen molar-refractivity contribution in [3.05, 3.63) is 29.3 Å². The fourth-order valence-electron chi connectivity index (χ4n) is 2.78. The normalized spacial score (nSPS) is 22.7. The van der Waals surface area contributed by atoms with Crippen LogP contribution in [0.4, 0.5) is 0 Å². The first kappa shape index (κ1) is 13.9. The van der Waals surface area contributed by atoms with Crippen molar-refractivity contribution in [3.63, 3.8) is 0 Å². The molecule has 1 atom stereocenters. The minimum Gasteiger partial charge on any atom is -0.497 e. The molecule has 2 rings (SSSR count). The van der Waals surface area contributed by atoms with E-state index < -0.39 is 17.0 Å². The van der Waals surface area contributed by atoms with Gasteiger partial charge in [-0.25, -0.2) is 0 Å². The standard InChI is InChI=1S/C15H20O4/c1-14(2,13(16)17)15(18)8-4-5-10-6-7-11(19-3)9-12(10)15/h6-7,9,18H,4-5,8H2,1-3H3,(H,16,17). The highest BCUT2D eigenvalue weighted by atomic mass is 16.5. The third kappa shape index (κ3) is 2.00. The summed E-state index contributed by atoms with van der Waals surface area (Å²) in [6.07, 6.45) is 2.09. The highest BCUT2D eigenvalue weighted by Crippen LogP contribution is 2.48. The number of rotatable bonds is 3. The van der Waals surface area contributed by atoms with Gasteiger partial charge in [0.05, 0.1) is 12.5 Å². The monoisotopic (exact) mass is 264 g/mol. The third-order valence-corrected chi connectivity index (χ3v) is 4.32. The smallest absolute Gasteiger partial charge is 0.312 e. The third-order valence-electron chi connectivity index (χ3n) is 4.32. The van der Waals surface area contributed by atoms with E-state index in [9.17, 15) is 15.0 Å². The Morgan fingerprint density at radius 1 is 1.42 bits per heavy atom. The number of hydrogen-bond acceptors (Lipinski definition) is 3. The Morgan fingerprint density at radius 2 is 2.11 bits per heavy atom. The number of ether oxygens (including phenoxy) is 1. The lowest BCUT2D eigenvalue weighted by Gasteiger charge is -2.43. The van der Waals surface area contributed by atoms with Crippen molar-refractivity contribution in [2.75, 3.05) is 7.11 Å². The molecule has 4 heteroatoms. The Morgan fingerprint density at radius 3 is 2.68 bits per heavy atom. The Balaban J connectivity index is 2.60. The van der Waals surface area contributed by atoms with Gasteiger partial charge in [-0.3, -0.25) is 4.79 Å². The maximum absolute atomic E-state index is 11.5. The highest BCUT2D eigenvalue weighted by Gasteiger charge is 2.52. The van der Waals surface area contributed by atoms with Crippen molar-refractivity contribution >= 4 is 5.97 Å². The molecule has 0 aliphatic heterocycles. The van der Waals surface area contributed by atoms with E-state index in [1.54, 1.807) is 27.0 Å². The molecule has 0 aromatic heterocycles. The number of carboxylic acids is 1. The van der Waals surface area contributed by atoms with E-state index in [0.717, 1.165) is 18.4 Å². The van der Waals surface area contributed by atoms with Crippen LogP contribution >= 0.6 is 0 Å². The summed E-state index contributed by atoms with van der Waals surface area (Å²) in [7, 11) is 1.56. The predicted molar refractivity (Wildman–Crippen MR) is 71.2 cm³/mol. The topological polar surface area (TPSA) is 66.8 Å². The van der Waals surface area contributed by atoms with Gasteiger partial charge in [-0.1, -0.05) is 6.07 Å². The number of aliphatic carboxylic acids is 1. The van der Waals surface area contributed by atoms with Crippen molar-refractivity contribution in [2.24, 2.45) is 5.41 Å². The molecule has 1 aromatic carbocycles. The van der Waals surface area contributed by atoms with Crippen molar-refractivity contribution in [2.45, 2.75) is 38.7 Å². The van der Waals surface area contributed by atoms with E-state index in [2.05, 4.69) is 0 Å². The van der Waals surface area contributed by atoms with Gasteiger partial charge < -0.3 is 14.9 Å². The lowest BCUT2D eigenvalue weighted by molar-refractivity contribution is -0.168. The number of aliphatic hydroxyl groups is 1. The fourth-order valence-corrected chi connectivity index (χ4v) is 2.78. The van der Waals surface area contributed by atoms with Crippen molar-refractivity contribution in [1.82, 2.24) is 0 Å². The van der Waals surface area contributed by atoms with E-state index >= 15 is 0 Å². The summed E-state index contributed by atoms with van der Waals surface area (Å²) in [6, 6.07) is 5.52. The molecule has 1 aliphatic carbocycles. The Labute approximate surface area is 113 Å². The van der Waals surface area contributed by atoms with Gasteiger partial charge in [-0.2, -0.15) is 0 Å². The van der Waals surface area contributed by atoms with Crippen molar-refractivity contribution < 1.29 is 19.7 Å². The molecule has 1 aliphatic rings. The first-order chi connectivity index (χ1) is 8.83. The highest BCUT2D eigenvalue weighted by molar-refractivity contribution is 5.76. The van der Waals surface area contributed by atoms with Crippen LogP contribution in [0.3, 0.4) is 0 Å². The predicted octanol–water partition coefficient (Wildman–Crippen LogP) is 2.33. The number of benzene rings is 1. The second-order valence-electron chi connectivity index (χ2n) is 5.67. The lowest BCUT2D eigenvalue weighted by atomic mass is 9.64. The molecular weight excluding hydrogens is 244 g/mol. The molecule has 0 bridgehead atoms. The van der Waals surface area contributed by atoms with Crippen molar-refractivity contribution in [1.29, 1.82) is 0 Å². The lowest BCUT2D eigenvalue weighted by Crippen LogP contribution is -2.49. The Bertz CT molecular complexity index is 507. The molecule has 0 radical (unpaired) electrons. The molecule has 4 nitrogen and oxygen atoms in total. The summed E-state index contributed by atoms with van der Waals surface area (Å²) in [5, 5.41) is 20.4. The molecule has 0 amide bonds. The molecule has 0 saturated carbocycles. The van der Waals surface area contributed by atoms with Gasteiger partial charge in [0.2, 0.25) is 0 Å². The van der Waals surface area contributed by atoms with Crippen LogP contribution in [-0.4, -0.2) is 23.3 Å². The number of aryl methyl sites for hydroxylation is 1. The maximum Gasteiger partial charge on any atom is 0.312 e. The molecule has 2 N–H and O–H groups in total. The average molecular weight is 264 g/mol. The molecule has 1 aromatic rings. The molecule has 19 heavy (non-hydrogen) atoms. The number of fused-ring (bicyclic) bond motifs is 1. The number of methoxy groups -OCH3 is 1. The largest absolute Gasteiger partial charge is 0.497 e. The minimum atomic E-state index is -1.36. The van der Waals surface area contributed by atoms with E-state index in [4.69, 9.17) is 4.74 Å². The molecule has 104 valence electrons. The SMILES string of the molecule is COc1ccc2c(c1)C(O)(C(C)(C)C(=O)O)CCC2. The molecule has 0 spiro atoms. The van der Waals surface area contributed by atoms with Crippen LogP contribution in [0.2, 0.25) is 0 Å². The van der Waals surface area contributed by atoms with E-state index in [1.807, 2.05) is 12.1 Å². The second-order valence-corrected chi connectivity index (χ2v) is 5.67. The van der Waals surface area contributed by atoms with Crippen LogP contribution in [0, 0.1) is 5.41 Å². The van der Waals surface area contributed by atoms with Crippen LogP contribution in [0.25, 0.3) is 0 Å². The Hall–Kier alpha value is -1.55. The summed E-state index contributed by atoms with van der Waals surface area (Å²) in [5.74, 6) is -0.356. The zero-order valence-electron chi connectivity index (χ0n) is 11.6. The maximum atomic E-state index is 11.5. The number of carboxylic acid groups (broad SMARTS) is 1. The zero-order valence-corrected chi connectivity index (χ0v) is 11.6. The minimum absolute atomic E-state index is 0.451. The van der Waals surface area contributed by atoms with Gasteiger partial charge in [0.1, 0.15) is 11.4 Å². The van der Waals surface area contributed by atoms with E-state index in [0.29, 0.717) is 17.7 Å². The first-order valence-electron chi connectivity index (χ1n) is 6.46. The average Bonchev–Trinajstić information content (AvgIpc) is 2.38. The van der Waals surface area contributed by atoms with Crippen molar-refractivity contribution in [3.8, 4) is 5.75 Å². The van der Waals surface area contributed by atoms with Crippen LogP contribution < -0.4 is 4.74 Å². The summed E-state index contributed by atoms with van der Waals surface area (Å²) >= 11 is 0. The molecule has 0 saturated heterocycles. The number of hydrogen-bond donors (Lipinski definition) is 2. The van der Waals surface area contributed by atoms with Gasteiger partial charge >= 0.3 is 5.97 Å². The summed E-state index contributed by atoms with van der Waals surface area (Å²) in [4.78, 5) is 11.5. The molecule has 0 fully saturated rings.